The first-order valence-electron chi connectivity index (χ1n) is 15.3. The second kappa shape index (κ2) is 14.4. The molecule has 8 nitrogen and oxygen atoms in total. The fourth-order valence-electron chi connectivity index (χ4n) is 4.86. The third kappa shape index (κ3) is 10.9. The van der Waals surface area contributed by atoms with Crippen molar-refractivity contribution in [1.29, 1.82) is 0 Å². The van der Waals surface area contributed by atoms with Gasteiger partial charge in [0.05, 0.1) is 13.2 Å². The smallest absolute Gasteiger partial charge is 0.189 e. The standard InChI is InChI=1S/C37H54N2O6/c1-25(2)31(40)34(7,8)42-23-21-36(11,38)44-29-17-13-27(14-18-29)33(5,6)28-15-19-30(20-16-28)45-37(12,39)22-24-43-35(9,10)32(41)26(3)4/h13-20H,1,3,21-24,38-39H2,2,4-12H3. The van der Waals surface area contributed by atoms with Gasteiger partial charge in [-0.25, -0.2) is 0 Å². The van der Waals surface area contributed by atoms with Crippen molar-refractivity contribution in [2.45, 2.75) is 110 Å². The quantitative estimate of drug-likeness (QED) is 0.138. The SMILES string of the molecule is C=C(C)C(=O)C(C)(C)OCCC(C)(N)Oc1ccc(C(C)(C)c2ccc(OC(C)(N)CCOC(C)(C)C(=O)C(=C)C)cc2)cc1. The van der Waals surface area contributed by atoms with E-state index < -0.39 is 22.7 Å². The van der Waals surface area contributed by atoms with Gasteiger partial charge in [-0.2, -0.15) is 0 Å². The van der Waals surface area contributed by atoms with Crippen LogP contribution in [0.1, 0.15) is 93.2 Å². The lowest BCUT2D eigenvalue weighted by atomic mass is 9.78. The monoisotopic (exact) mass is 622 g/mol. The van der Waals surface area contributed by atoms with Gasteiger partial charge in [0.15, 0.2) is 23.0 Å². The van der Waals surface area contributed by atoms with Crippen molar-refractivity contribution in [2.75, 3.05) is 13.2 Å². The Kier molecular flexibility index (Phi) is 12.1. The van der Waals surface area contributed by atoms with Gasteiger partial charge < -0.3 is 18.9 Å². The van der Waals surface area contributed by atoms with Crippen LogP contribution in [-0.2, 0) is 24.5 Å². The molecule has 2 unspecified atom stereocenters. The summed E-state index contributed by atoms with van der Waals surface area (Å²) in [5.41, 5.74) is 11.7. The van der Waals surface area contributed by atoms with Crippen molar-refractivity contribution in [3.63, 3.8) is 0 Å². The third-order valence-corrected chi connectivity index (χ3v) is 7.85. The van der Waals surface area contributed by atoms with E-state index in [4.69, 9.17) is 30.4 Å². The molecule has 2 aromatic carbocycles. The first-order valence-corrected chi connectivity index (χ1v) is 15.3. The van der Waals surface area contributed by atoms with Gasteiger partial charge in [-0.05, 0) is 102 Å². The van der Waals surface area contributed by atoms with Crippen LogP contribution in [0.5, 0.6) is 11.5 Å². The summed E-state index contributed by atoms with van der Waals surface area (Å²) in [6.07, 6.45) is 0.784. The molecule has 2 rings (SSSR count). The number of hydrogen-bond acceptors (Lipinski definition) is 8. The minimum absolute atomic E-state index is 0.139. The number of carbonyl (C=O) groups excluding carboxylic acids is 2. The Morgan fingerprint density at radius 2 is 0.889 bits per heavy atom. The highest BCUT2D eigenvalue weighted by Crippen LogP contribution is 2.34. The van der Waals surface area contributed by atoms with Gasteiger partial charge in [0, 0.05) is 18.3 Å². The molecule has 0 spiro atoms. The van der Waals surface area contributed by atoms with E-state index >= 15 is 0 Å². The molecule has 0 radical (unpaired) electrons. The Morgan fingerprint density at radius 1 is 0.600 bits per heavy atom. The number of ether oxygens (including phenoxy) is 4. The van der Waals surface area contributed by atoms with Gasteiger partial charge in [-0.3, -0.25) is 21.1 Å². The van der Waals surface area contributed by atoms with Crippen LogP contribution in [-0.4, -0.2) is 47.4 Å². The highest BCUT2D eigenvalue weighted by Gasteiger charge is 2.32. The maximum absolute atomic E-state index is 12.3. The second-order valence-electron chi connectivity index (χ2n) is 13.9. The molecule has 45 heavy (non-hydrogen) atoms. The number of benzene rings is 2. The maximum Gasteiger partial charge on any atom is 0.189 e. The third-order valence-electron chi connectivity index (χ3n) is 7.85. The Hall–Kier alpha value is -3.30. The number of ketones is 2. The van der Waals surface area contributed by atoms with Gasteiger partial charge in [0.25, 0.3) is 0 Å². The molecule has 248 valence electrons. The average molecular weight is 623 g/mol. The topological polar surface area (TPSA) is 123 Å². The number of rotatable bonds is 18. The Labute approximate surface area is 270 Å². The van der Waals surface area contributed by atoms with Crippen LogP contribution in [0.15, 0.2) is 72.8 Å². The minimum Gasteiger partial charge on any atom is -0.473 e. The van der Waals surface area contributed by atoms with Crippen molar-refractivity contribution in [3.05, 3.63) is 84.0 Å². The van der Waals surface area contributed by atoms with E-state index in [1.54, 1.807) is 55.4 Å². The van der Waals surface area contributed by atoms with Crippen molar-refractivity contribution in [1.82, 2.24) is 0 Å². The average Bonchev–Trinajstić information content (AvgIpc) is 2.91. The summed E-state index contributed by atoms with van der Waals surface area (Å²) in [4.78, 5) is 24.6. The van der Waals surface area contributed by atoms with Crippen LogP contribution >= 0.6 is 0 Å². The molecule has 0 bridgehead atoms. The van der Waals surface area contributed by atoms with Crippen LogP contribution < -0.4 is 20.9 Å². The van der Waals surface area contributed by atoms with Crippen molar-refractivity contribution < 1.29 is 28.5 Å². The molecule has 0 aliphatic carbocycles. The molecule has 2 atom stereocenters. The van der Waals surface area contributed by atoms with Crippen molar-refractivity contribution >= 4 is 11.6 Å². The lowest BCUT2D eigenvalue weighted by Gasteiger charge is -2.30. The molecule has 0 saturated heterocycles. The van der Waals surface area contributed by atoms with Gasteiger partial charge in [-0.15, -0.1) is 0 Å². The zero-order valence-corrected chi connectivity index (χ0v) is 29.0. The molecular weight excluding hydrogens is 568 g/mol. The van der Waals surface area contributed by atoms with Crippen LogP contribution in [0.4, 0.5) is 0 Å². The fourth-order valence-corrected chi connectivity index (χ4v) is 4.86. The van der Waals surface area contributed by atoms with Crippen LogP contribution in [0.3, 0.4) is 0 Å². The Bertz CT molecular complexity index is 1250. The molecule has 0 amide bonds. The molecule has 0 aromatic heterocycles. The van der Waals surface area contributed by atoms with Gasteiger partial charge >= 0.3 is 0 Å². The molecule has 2 aromatic rings. The molecule has 0 aliphatic rings. The largest absolute Gasteiger partial charge is 0.473 e. The van der Waals surface area contributed by atoms with E-state index in [0.29, 0.717) is 35.5 Å². The number of carbonyl (C=O) groups is 2. The summed E-state index contributed by atoms with van der Waals surface area (Å²) in [5, 5.41) is 0. The van der Waals surface area contributed by atoms with Crippen molar-refractivity contribution in [3.8, 4) is 11.5 Å². The number of Topliss-reactive ketones (excluding diaryl/α,β-unsaturated/α-hetero) is 2. The molecule has 0 heterocycles. The highest BCUT2D eigenvalue weighted by molar-refractivity contribution is 6.00. The van der Waals surface area contributed by atoms with Gasteiger partial charge in [0.1, 0.15) is 22.7 Å². The molecular formula is C37H54N2O6. The first kappa shape index (κ1) is 37.9. The minimum atomic E-state index is -0.989. The van der Waals surface area contributed by atoms with E-state index in [1.807, 2.05) is 48.5 Å². The van der Waals surface area contributed by atoms with Crippen LogP contribution in [0.25, 0.3) is 0 Å². The predicted molar refractivity (Wildman–Crippen MR) is 180 cm³/mol. The summed E-state index contributed by atoms with van der Waals surface area (Å²) in [5.74, 6) is 0.998. The normalized spacial score (nSPS) is 15.0. The molecule has 0 saturated carbocycles. The van der Waals surface area contributed by atoms with E-state index in [2.05, 4.69) is 27.0 Å². The molecule has 0 fully saturated rings. The van der Waals surface area contributed by atoms with Crippen molar-refractivity contribution in [2.24, 2.45) is 11.5 Å². The summed E-state index contributed by atoms with van der Waals surface area (Å²) in [7, 11) is 0. The zero-order valence-electron chi connectivity index (χ0n) is 29.0. The van der Waals surface area contributed by atoms with E-state index in [-0.39, 0.29) is 30.2 Å². The number of hydrogen-bond donors (Lipinski definition) is 2. The molecule has 4 N–H and O–H groups in total. The van der Waals surface area contributed by atoms with Crippen LogP contribution in [0.2, 0.25) is 0 Å². The maximum atomic E-state index is 12.3. The fraction of sp³-hybridized carbons (Fsp3) is 0.514. The van der Waals surface area contributed by atoms with E-state index in [0.717, 1.165) is 11.1 Å². The summed E-state index contributed by atoms with van der Waals surface area (Å²) < 4.78 is 23.8. The summed E-state index contributed by atoms with van der Waals surface area (Å²) in [6.45, 7) is 26.1. The lowest BCUT2D eigenvalue weighted by molar-refractivity contribution is -0.138. The Balaban J connectivity index is 1.99. The highest BCUT2D eigenvalue weighted by atomic mass is 16.5. The zero-order chi connectivity index (χ0) is 34.4. The lowest BCUT2D eigenvalue weighted by Crippen LogP contribution is -2.45. The summed E-state index contributed by atoms with van der Waals surface area (Å²) in [6, 6.07) is 15.7. The predicted octanol–water partition coefficient (Wildman–Crippen LogP) is 6.78. The Morgan fingerprint density at radius 3 is 1.16 bits per heavy atom. The van der Waals surface area contributed by atoms with E-state index in [1.165, 1.54) is 0 Å². The van der Waals surface area contributed by atoms with Gasteiger partial charge in [0.2, 0.25) is 0 Å². The molecule has 0 aliphatic heterocycles. The van der Waals surface area contributed by atoms with E-state index in [9.17, 15) is 9.59 Å². The molecule has 8 heteroatoms. The summed E-state index contributed by atoms with van der Waals surface area (Å²) >= 11 is 0. The van der Waals surface area contributed by atoms with Crippen LogP contribution in [0, 0.1) is 0 Å². The number of nitrogens with two attached hydrogens (primary N) is 2. The second-order valence-corrected chi connectivity index (χ2v) is 13.9. The first-order chi connectivity index (χ1) is 20.5. The van der Waals surface area contributed by atoms with Gasteiger partial charge in [-0.1, -0.05) is 51.3 Å².